The van der Waals surface area contributed by atoms with Crippen molar-refractivity contribution in [1.82, 2.24) is 5.32 Å². The number of nitrogens with one attached hydrogen (secondary N) is 1. The summed E-state index contributed by atoms with van der Waals surface area (Å²) in [6.45, 7) is 10.6. The third-order valence-electron chi connectivity index (χ3n) is 3.34. The van der Waals surface area contributed by atoms with Crippen molar-refractivity contribution in [2.24, 2.45) is 0 Å². The summed E-state index contributed by atoms with van der Waals surface area (Å²) in [6.07, 6.45) is 0. The minimum absolute atomic E-state index is 0.305. The van der Waals surface area contributed by atoms with E-state index in [1.165, 1.54) is 16.0 Å². The maximum absolute atomic E-state index is 5.59. The molecule has 98 valence electrons. The van der Waals surface area contributed by atoms with Crippen molar-refractivity contribution >= 4 is 11.3 Å². The SMILES string of the molecule is Cc1cc(C(C)NC(C)c2sccc2C)c(C)o1. The Kier molecular flexibility index (Phi) is 3.93. The molecule has 18 heavy (non-hydrogen) atoms. The lowest BCUT2D eigenvalue weighted by atomic mass is 10.1. The predicted molar refractivity (Wildman–Crippen MR) is 77.2 cm³/mol. The van der Waals surface area contributed by atoms with Gasteiger partial charge >= 0.3 is 0 Å². The molecule has 1 N–H and O–H groups in total. The van der Waals surface area contributed by atoms with E-state index in [9.17, 15) is 0 Å². The molecule has 0 aromatic carbocycles. The van der Waals surface area contributed by atoms with Gasteiger partial charge in [0.05, 0.1) is 0 Å². The highest BCUT2D eigenvalue weighted by Gasteiger charge is 2.17. The van der Waals surface area contributed by atoms with E-state index in [0.717, 1.165) is 11.5 Å². The van der Waals surface area contributed by atoms with E-state index in [2.05, 4.69) is 43.6 Å². The first-order valence-electron chi connectivity index (χ1n) is 6.36. The predicted octanol–water partition coefficient (Wildman–Crippen LogP) is 4.68. The van der Waals surface area contributed by atoms with Crippen molar-refractivity contribution in [3.05, 3.63) is 45.0 Å². The van der Waals surface area contributed by atoms with Crippen LogP contribution in [0.3, 0.4) is 0 Å². The van der Waals surface area contributed by atoms with Gasteiger partial charge in [-0.05, 0) is 57.7 Å². The Morgan fingerprint density at radius 3 is 2.39 bits per heavy atom. The minimum Gasteiger partial charge on any atom is -0.466 e. The van der Waals surface area contributed by atoms with Crippen LogP contribution < -0.4 is 5.32 Å². The number of thiophene rings is 1. The highest BCUT2D eigenvalue weighted by molar-refractivity contribution is 7.10. The van der Waals surface area contributed by atoms with Crippen LogP contribution >= 0.6 is 11.3 Å². The van der Waals surface area contributed by atoms with Gasteiger partial charge in [-0.1, -0.05) is 0 Å². The molecule has 3 heteroatoms. The summed E-state index contributed by atoms with van der Waals surface area (Å²) >= 11 is 1.82. The minimum atomic E-state index is 0.305. The standard InChI is InChI=1S/C15H21NOS/c1-9-6-7-18-15(9)12(4)16-11(3)14-8-10(2)17-13(14)5/h6-8,11-12,16H,1-5H3. The molecule has 2 rings (SSSR count). The molecule has 0 amide bonds. The highest BCUT2D eigenvalue weighted by atomic mass is 32.1. The fraction of sp³-hybridized carbons (Fsp3) is 0.467. The normalized spacial score (nSPS) is 14.7. The van der Waals surface area contributed by atoms with E-state index in [0.29, 0.717) is 12.1 Å². The van der Waals surface area contributed by atoms with Gasteiger partial charge in [0, 0.05) is 22.5 Å². The zero-order chi connectivity index (χ0) is 13.3. The van der Waals surface area contributed by atoms with Crippen molar-refractivity contribution in [2.45, 2.75) is 46.7 Å². The maximum atomic E-state index is 5.59. The number of hydrogen-bond donors (Lipinski definition) is 1. The Morgan fingerprint density at radius 2 is 1.89 bits per heavy atom. The fourth-order valence-electron chi connectivity index (χ4n) is 2.45. The molecule has 0 aliphatic rings. The third-order valence-corrected chi connectivity index (χ3v) is 4.54. The summed E-state index contributed by atoms with van der Waals surface area (Å²) in [4.78, 5) is 1.42. The number of hydrogen-bond acceptors (Lipinski definition) is 3. The van der Waals surface area contributed by atoms with E-state index in [1.54, 1.807) is 0 Å². The molecule has 2 heterocycles. The van der Waals surface area contributed by atoms with Gasteiger partial charge in [0.25, 0.3) is 0 Å². The molecule has 2 aromatic heterocycles. The van der Waals surface area contributed by atoms with Crippen molar-refractivity contribution in [3.8, 4) is 0 Å². The molecule has 0 saturated heterocycles. The van der Waals surface area contributed by atoms with Gasteiger partial charge in [-0.2, -0.15) is 0 Å². The molecule has 2 atom stereocenters. The first kappa shape index (κ1) is 13.4. The molecule has 0 saturated carbocycles. The Bertz CT molecular complexity index is 526. The summed E-state index contributed by atoms with van der Waals surface area (Å²) < 4.78 is 5.59. The number of aryl methyl sites for hydroxylation is 3. The maximum Gasteiger partial charge on any atom is 0.105 e. The second kappa shape index (κ2) is 5.29. The molecule has 2 unspecified atom stereocenters. The quantitative estimate of drug-likeness (QED) is 0.866. The third kappa shape index (κ3) is 2.68. The Labute approximate surface area is 113 Å². The van der Waals surface area contributed by atoms with E-state index < -0.39 is 0 Å². The Hall–Kier alpha value is -1.06. The van der Waals surface area contributed by atoms with Gasteiger partial charge in [-0.3, -0.25) is 0 Å². The topological polar surface area (TPSA) is 25.2 Å². The lowest BCUT2D eigenvalue weighted by molar-refractivity contribution is 0.471. The van der Waals surface area contributed by atoms with Crippen molar-refractivity contribution in [3.63, 3.8) is 0 Å². The lowest BCUT2D eigenvalue weighted by Crippen LogP contribution is -2.22. The lowest BCUT2D eigenvalue weighted by Gasteiger charge is -2.19. The zero-order valence-corrected chi connectivity index (χ0v) is 12.5. The van der Waals surface area contributed by atoms with Crippen LogP contribution in [0.5, 0.6) is 0 Å². The Morgan fingerprint density at radius 1 is 1.17 bits per heavy atom. The summed E-state index contributed by atoms with van der Waals surface area (Å²) in [6, 6.07) is 4.98. The van der Waals surface area contributed by atoms with Gasteiger partial charge in [0.15, 0.2) is 0 Å². The number of furan rings is 1. The average Bonchev–Trinajstić information content (AvgIpc) is 2.84. The van der Waals surface area contributed by atoms with Crippen molar-refractivity contribution in [2.75, 3.05) is 0 Å². The molecule has 0 fully saturated rings. The molecule has 2 nitrogen and oxygen atoms in total. The van der Waals surface area contributed by atoms with Crippen LogP contribution in [0.15, 0.2) is 21.9 Å². The van der Waals surface area contributed by atoms with E-state index in [4.69, 9.17) is 4.42 Å². The van der Waals surface area contributed by atoms with Gasteiger partial charge in [-0.25, -0.2) is 0 Å². The van der Waals surface area contributed by atoms with Crippen LogP contribution in [0.4, 0.5) is 0 Å². The van der Waals surface area contributed by atoms with Crippen LogP contribution in [0.2, 0.25) is 0 Å². The second-order valence-electron chi connectivity index (χ2n) is 4.95. The molecular formula is C15H21NOS. The van der Waals surface area contributed by atoms with Crippen LogP contribution in [0, 0.1) is 20.8 Å². The fourth-order valence-corrected chi connectivity index (χ4v) is 3.39. The van der Waals surface area contributed by atoms with E-state index >= 15 is 0 Å². The first-order chi connectivity index (χ1) is 8.49. The highest BCUT2D eigenvalue weighted by Crippen LogP contribution is 2.28. The molecule has 0 bridgehead atoms. The molecule has 0 aliphatic carbocycles. The van der Waals surface area contributed by atoms with Crippen molar-refractivity contribution in [1.29, 1.82) is 0 Å². The summed E-state index contributed by atoms with van der Waals surface area (Å²) in [5, 5.41) is 5.80. The van der Waals surface area contributed by atoms with Crippen LogP contribution in [0.1, 0.15) is 53.5 Å². The second-order valence-corrected chi connectivity index (χ2v) is 5.89. The largest absolute Gasteiger partial charge is 0.466 e. The molecule has 0 aliphatic heterocycles. The van der Waals surface area contributed by atoms with E-state index in [-0.39, 0.29) is 0 Å². The van der Waals surface area contributed by atoms with Crippen LogP contribution in [0.25, 0.3) is 0 Å². The van der Waals surface area contributed by atoms with Crippen LogP contribution in [-0.4, -0.2) is 0 Å². The van der Waals surface area contributed by atoms with Gasteiger partial charge in [0.1, 0.15) is 11.5 Å². The molecule has 0 radical (unpaired) electrons. The molecule has 2 aromatic rings. The summed E-state index contributed by atoms with van der Waals surface area (Å²) in [5.41, 5.74) is 2.63. The molecular weight excluding hydrogens is 242 g/mol. The summed E-state index contributed by atoms with van der Waals surface area (Å²) in [7, 11) is 0. The van der Waals surface area contributed by atoms with Crippen molar-refractivity contribution < 1.29 is 4.42 Å². The van der Waals surface area contributed by atoms with Gasteiger partial charge in [-0.15, -0.1) is 11.3 Å². The van der Waals surface area contributed by atoms with Gasteiger partial charge in [0.2, 0.25) is 0 Å². The zero-order valence-electron chi connectivity index (χ0n) is 11.7. The smallest absolute Gasteiger partial charge is 0.105 e. The average molecular weight is 263 g/mol. The first-order valence-corrected chi connectivity index (χ1v) is 7.24. The summed E-state index contributed by atoms with van der Waals surface area (Å²) in [5.74, 6) is 2.00. The van der Waals surface area contributed by atoms with Crippen LogP contribution in [-0.2, 0) is 0 Å². The monoisotopic (exact) mass is 263 g/mol. The Balaban J connectivity index is 2.10. The van der Waals surface area contributed by atoms with E-state index in [1.807, 2.05) is 25.2 Å². The van der Waals surface area contributed by atoms with Gasteiger partial charge < -0.3 is 9.73 Å². The molecule has 0 spiro atoms. The number of rotatable bonds is 4.